The zero-order valence-corrected chi connectivity index (χ0v) is 19.9. The average Bonchev–Trinajstić information content (AvgIpc) is 3.13. The molecule has 2 spiro atoms. The molecule has 1 aromatic carbocycles. The van der Waals surface area contributed by atoms with Gasteiger partial charge in [0, 0.05) is 18.6 Å². The van der Waals surface area contributed by atoms with E-state index in [1.54, 1.807) is 7.11 Å². The third-order valence-electron chi connectivity index (χ3n) is 7.71. The molecule has 1 atom stereocenters. The Labute approximate surface area is 186 Å². The molecular formula is C25H36N2O2S. The van der Waals surface area contributed by atoms with Crippen molar-refractivity contribution in [1.29, 1.82) is 0 Å². The second-order valence-corrected chi connectivity index (χ2v) is 10.7. The van der Waals surface area contributed by atoms with Gasteiger partial charge in [-0.2, -0.15) is 0 Å². The molecule has 2 aliphatic carbocycles. The number of benzene rings is 1. The summed E-state index contributed by atoms with van der Waals surface area (Å²) in [7, 11) is 1.80. The summed E-state index contributed by atoms with van der Waals surface area (Å²) in [4.78, 5) is 15.9. The van der Waals surface area contributed by atoms with E-state index in [0.717, 1.165) is 44.9 Å². The normalized spacial score (nSPS) is 30.8. The van der Waals surface area contributed by atoms with Crippen LogP contribution in [-0.4, -0.2) is 35.2 Å². The molecule has 1 aliphatic heterocycles. The molecule has 2 fully saturated rings. The molecule has 164 valence electrons. The number of ether oxygens (including phenoxy) is 1. The standard InChI is InChI=1S/C25H36N2O2S/c1-16(2)6-7-18-8-9-19-15-24(12-10-20(29-5)11-13-24)25(21(19)14-18)22(28)27(17(3)4)23(30)26-25/h8-9,14,16-17,20H,6-7,10-13,15H2,1-5H3,(H,26,30)/t20-,24-,25?. The molecule has 1 amide bonds. The average molecular weight is 429 g/mol. The van der Waals surface area contributed by atoms with Crippen LogP contribution in [0.5, 0.6) is 0 Å². The van der Waals surface area contributed by atoms with Crippen LogP contribution in [0.1, 0.15) is 76.5 Å². The molecule has 0 aromatic heterocycles. The summed E-state index contributed by atoms with van der Waals surface area (Å²) in [5.41, 5.74) is 2.96. The number of rotatable bonds is 5. The number of hydrogen-bond donors (Lipinski definition) is 1. The third kappa shape index (κ3) is 3.20. The van der Waals surface area contributed by atoms with Crippen molar-refractivity contribution in [2.24, 2.45) is 11.3 Å². The largest absolute Gasteiger partial charge is 0.381 e. The number of fused-ring (bicyclic) bond motifs is 3. The highest BCUT2D eigenvalue weighted by Gasteiger charge is 2.67. The van der Waals surface area contributed by atoms with Gasteiger partial charge in [0.25, 0.3) is 5.91 Å². The molecule has 0 radical (unpaired) electrons. The molecule has 4 nitrogen and oxygen atoms in total. The first-order chi connectivity index (χ1) is 14.2. The number of aryl methyl sites for hydroxylation is 1. The summed E-state index contributed by atoms with van der Waals surface area (Å²) in [5.74, 6) is 0.816. The van der Waals surface area contributed by atoms with Gasteiger partial charge in [0.15, 0.2) is 10.7 Å². The van der Waals surface area contributed by atoms with E-state index in [1.807, 2.05) is 18.7 Å². The van der Waals surface area contributed by atoms with Crippen molar-refractivity contribution in [3.8, 4) is 0 Å². The van der Waals surface area contributed by atoms with Crippen molar-refractivity contribution in [1.82, 2.24) is 10.2 Å². The van der Waals surface area contributed by atoms with E-state index in [4.69, 9.17) is 17.0 Å². The van der Waals surface area contributed by atoms with Gasteiger partial charge in [0.2, 0.25) is 0 Å². The monoisotopic (exact) mass is 428 g/mol. The van der Waals surface area contributed by atoms with Gasteiger partial charge in [0.1, 0.15) is 0 Å². The van der Waals surface area contributed by atoms with Gasteiger partial charge in [-0.1, -0.05) is 32.0 Å². The molecule has 1 saturated heterocycles. The Morgan fingerprint density at radius 3 is 2.50 bits per heavy atom. The molecule has 1 N–H and O–H groups in total. The maximum Gasteiger partial charge on any atom is 0.259 e. The fraction of sp³-hybridized carbons (Fsp3) is 0.680. The Hall–Kier alpha value is -1.46. The van der Waals surface area contributed by atoms with E-state index in [-0.39, 0.29) is 17.4 Å². The first kappa shape index (κ1) is 21.8. The summed E-state index contributed by atoms with van der Waals surface area (Å²) in [6, 6.07) is 6.91. The minimum Gasteiger partial charge on any atom is -0.381 e. The Morgan fingerprint density at radius 1 is 1.23 bits per heavy atom. The highest BCUT2D eigenvalue weighted by Crippen LogP contribution is 2.60. The smallest absolute Gasteiger partial charge is 0.259 e. The Balaban J connectivity index is 1.80. The molecule has 1 saturated carbocycles. The summed E-state index contributed by atoms with van der Waals surface area (Å²) >= 11 is 5.72. The SMILES string of the molecule is CO[C@H]1CC[C@]2(CC1)Cc1ccc(CCC(C)C)cc1C21NC(=S)N(C(C)C)C1=O. The first-order valence-electron chi connectivity index (χ1n) is 11.5. The molecule has 30 heavy (non-hydrogen) atoms. The molecule has 5 heteroatoms. The Bertz CT molecular complexity index is 842. The zero-order chi connectivity index (χ0) is 21.7. The molecule has 1 heterocycles. The van der Waals surface area contributed by atoms with Gasteiger partial charge in [-0.05, 0) is 93.6 Å². The van der Waals surface area contributed by atoms with Crippen molar-refractivity contribution in [2.45, 2.75) is 90.3 Å². The van der Waals surface area contributed by atoms with Crippen LogP contribution in [0.25, 0.3) is 0 Å². The minimum absolute atomic E-state index is 0.0532. The molecule has 0 bridgehead atoms. The van der Waals surface area contributed by atoms with E-state index in [0.29, 0.717) is 17.1 Å². The van der Waals surface area contributed by atoms with E-state index in [1.165, 1.54) is 16.7 Å². The van der Waals surface area contributed by atoms with Crippen LogP contribution in [0.3, 0.4) is 0 Å². The fourth-order valence-electron chi connectivity index (χ4n) is 6.01. The van der Waals surface area contributed by atoms with Crippen molar-refractivity contribution in [3.05, 3.63) is 34.9 Å². The van der Waals surface area contributed by atoms with Crippen LogP contribution >= 0.6 is 12.2 Å². The summed E-state index contributed by atoms with van der Waals surface area (Å²) in [6.45, 7) is 8.63. The molecule has 1 unspecified atom stereocenters. The van der Waals surface area contributed by atoms with Crippen molar-refractivity contribution in [2.75, 3.05) is 7.11 Å². The fourth-order valence-corrected chi connectivity index (χ4v) is 6.46. The Morgan fingerprint density at radius 2 is 1.93 bits per heavy atom. The summed E-state index contributed by atoms with van der Waals surface area (Å²) < 4.78 is 5.66. The number of nitrogens with one attached hydrogen (secondary N) is 1. The highest BCUT2D eigenvalue weighted by molar-refractivity contribution is 7.80. The maximum absolute atomic E-state index is 14.1. The molecule has 4 rings (SSSR count). The molecular weight excluding hydrogens is 392 g/mol. The van der Waals surface area contributed by atoms with E-state index >= 15 is 0 Å². The van der Waals surface area contributed by atoms with Crippen LogP contribution in [0.4, 0.5) is 0 Å². The van der Waals surface area contributed by atoms with Gasteiger partial charge in [-0.15, -0.1) is 0 Å². The van der Waals surface area contributed by atoms with Gasteiger partial charge in [-0.3, -0.25) is 9.69 Å². The Kier molecular flexibility index (Phi) is 5.73. The predicted molar refractivity (Wildman–Crippen MR) is 124 cm³/mol. The van der Waals surface area contributed by atoms with Gasteiger partial charge in [0.05, 0.1) is 6.10 Å². The first-order valence-corrected chi connectivity index (χ1v) is 12.0. The number of nitrogens with zero attached hydrogens (tertiary/aromatic N) is 1. The van der Waals surface area contributed by atoms with Crippen molar-refractivity contribution < 1.29 is 9.53 Å². The quantitative estimate of drug-likeness (QED) is 0.689. The van der Waals surface area contributed by atoms with Crippen LogP contribution < -0.4 is 5.32 Å². The minimum atomic E-state index is -0.726. The third-order valence-corrected chi connectivity index (χ3v) is 8.00. The second-order valence-electron chi connectivity index (χ2n) is 10.3. The van der Waals surface area contributed by atoms with Gasteiger partial charge in [-0.25, -0.2) is 0 Å². The number of amides is 1. The zero-order valence-electron chi connectivity index (χ0n) is 19.1. The lowest BCUT2D eigenvalue weighted by Crippen LogP contribution is -2.57. The molecule has 3 aliphatic rings. The predicted octanol–water partition coefficient (Wildman–Crippen LogP) is 4.73. The van der Waals surface area contributed by atoms with E-state index in [9.17, 15) is 4.79 Å². The lowest BCUT2D eigenvalue weighted by atomic mass is 9.61. The number of carbonyl (C=O) groups is 1. The molecule has 1 aromatic rings. The van der Waals surface area contributed by atoms with Crippen LogP contribution in [-0.2, 0) is 27.9 Å². The topological polar surface area (TPSA) is 41.6 Å². The van der Waals surface area contributed by atoms with Crippen molar-refractivity contribution in [3.63, 3.8) is 0 Å². The second kappa shape index (κ2) is 7.90. The van der Waals surface area contributed by atoms with Crippen LogP contribution in [0.2, 0.25) is 0 Å². The lowest BCUT2D eigenvalue weighted by molar-refractivity contribution is -0.139. The van der Waals surface area contributed by atoms with E-state index < -0.39 is 5.54 Å². The van der Waals surface area contributed by atoms with Gasteiger partial charge >= 0.3 is 0 Å². The van der Waals surface area contributed by atoms with E-state index in [2.05, 4.69) is 37.4 Å². The highest BCUT2D eigenvalue weighted by atomic mass is 32.1. The maximum atomic E-state index is 14.1. The number of thiocarbonyl (C=S) groups is 1. The number of hydrogen-bond acceptors (Lipinski definition) is 3. The van der Waals surface area contributed by atoms with Crippen LogP contribution in [0.15, 0.2) is 18.2 Å². The summed E-state index contributed by atoms with van der Waals surface area (Å²) in [5, 5.41) is 4.21. The lowest BCUT2D eigenvalue weighted by Gasteiger charge is -2.46. The van der Waals surface area contributed by atoms with Gasteiger partial charge < -0.3 is 10.1 Å². The van der Waals surface area contributed by atoms with Crippen LogP contribution in [0, 0.1) is 11.3 Å². The summed E-state index contributed by atoms with van der Waals surface area (Å²) in [6.07, 6.45) is 7.39. The van der Waals surface area contributed by atoms with Crippen molar-refractivity contribution >= 4 is 23.2 Å². The number of methoxy groups -OCH3 is 1. The number of carbonyl (C=O) groups excluding carboxylic acids is 1.